The Kier molecular flexibility index (Phi) is 7.47. The molecule has 3 atom stereocenters. The SMILES string of the molecule is CC(=O)[C@H](Cc1ccc2ccccc2c1)N1CCN(C(=O)[C@@H]2CN(C(C)(C)C)C[C@H]2c2ccc(F)cc2F)C2(CC2)C1. The lowest BCUT2D eigenvalue weighted by Gasteiger charge is -2.46. The zero-order chi connectivity index (χ0) is 29.8. The molecule has 1 amide bonds. The molecule has 2 aliphatic heterocycles. The molecule has 3 aromatic rings. The van der Waals surface area contributed by atoms with Gasteiger partial charge in [0.2, 0.25) is 5.91 Å². The molecule has 7 heteroatoms. The Bertz CT molecular complexity index is 1510. The van der Waals surface area contributed by atoms with E-state index >= 15 is 4.39 Å². The van der Waals surface area contributed by atoms with Crippen LogP contribution in [0.5, 0.6) is 0 Å². The molecule has 3 aliphatic rings. The molecule has 0 unspecified atom stereocenters. The van der Waals surface area contributed by atoms with Gasteiger partial charge < -0.3 is 4.90 Å². The number of halogens is 2. The second-order valence-electron chi connectivity index (χ2n) is 13.7. The highest BCUT2D eigenvalue weighted by Gasteiger charge is 2.56. The number of fused-ring (bicyclic) bond motifs is 1. The fourth-order valence-electron chi connectivity index (χ4n) is 7.23. The highest BCUT2D eigenvalue weighted by molar-refractivity contribution is 5.85. The van der Waals surface area contributed by atoms with Crippen molar-refractivity contribution in [1.82, 2.24) is 14.7 Å². The lowest BCUT2D eigenvalue weighted by molar-refractivity contribution is -0.143. The first-order valence-electron chi connectivity index (χ1n) is 15.2. The van der Waals surface area contributed by atoms with E-state index in [1.807, 2.05) is 17.0 Å². The van der Waals surface area contributed by atoms with E-state index in [4.69, 9.17) is 0 Å². The van der Waals surface area contributed by atoms with Gasteiger partial charge in [0.25, 0.3) is 0 Å². The minimum Gasteiger partial charge on any atom is -0.334 e. The molecule has 1 saturated carbocycles. The summed E-state index contributed by atoms with van der Waals surface area (Å²) in [6, 6.07) is 18.1. The number of piperazine rings is 1. The highest BCUT2D eigenvalue weighted by Crippen LogP contribution is 2.47. The van der Waals surface area contributed by atoms with Crippen molar-refractivity contribution < 1.29 is 18.4 Å². The maximum absolute atomic E-state index is 15.0. The molecule has 0 aromatic heterocycles. The summed E-state index contributed by atoms with van der Waals surface area (Å²) in [7, 11) is 0. The molecule has 0 bridgehead atoms. The van der Waals surface area contributed by atoms with Crippen molar-refractivity contribution in [2.45, 2.75) is 70.0 Å². The summed E-state index contributed by atoms with van der Waals surface area (Å²) in [5.74, 6) is -1.75. The Morgan fingerprint density at radius 3 is 2.36 bits per heavy atom. The van der Waals surface area contributed by atoms with E-state index in [0.29, 0.717) is 44.7 Å². The van der Waals surface area contributed by atoms with Crippen molar-refractivity contribution in [2.75, 3.05) is 32.7 Å². The Morgan fingerprint density at radius 1 is 0.952 bits per heavy atom. The molecular formula is C35H41F2N3O2. The van der Waals surface area contributed by atoms with Gasteiger partial charge in [-0.2, -0.15) is 0 Å². The third kappa shape index (κ3) is 5.49. The molecule has 3 fully saturated rings. The van der Waals surface area contributed by atoms with Gasteiger partial charge in [0, 0.05) is 50.2 Å². The summed E-state index contributed by atoms with van der Waals surface area (Å²) in [6.07, 6.45) is 2.45. The summed E-state index contributed by atoms with van der Waals surface area (Å²) >= 11 is 0. The second kappa shape index (κ2) is 10.8. The van der Waals surface area contributed by atoms with Crippen LogP contribution in [0.15, 0.2) is 60.7 Å². The quantitative estimate of drug-likeness (QED) is 0.374. The van der Waals surface area contributed by atoms with Crippen LogP contribution in [0.2, 0.25) is 0 Å². The van der Waals surface area contributed by atoms with E-state index in [1.54, 1.807) is 6.92 Å². The molecule has 1 spiro atoms. The third-order valence-electron chi connectivity index (χ3n) is 9.87. The van der Waals surface area contributed by atoms with Gasteiger partial charge in [0.15, 0.2) is 0 Å². The van der Waals surface area contributed by atoms with Crippen molar-refractivity contribution in [3.8, 4) is 0 Å². The number of Topliss-reactive ketones (excluding diaryl/α,β-unsaturated/α-hetero) is 1. The highest BCUT2D eigenvalue weighted by atomic mass is 19.1. The van der Waals surface area contributed by atoms with Crippen LogP contribution in [0.1, 0.15) is 57.6 Å². The maximum Gasteiger partial charge on any atom is 0.228 e. The molecule has 2 heterocycles. The van der Waals surface area contributed by atoms with Crippen LogP contribution in [0.4, 0.5) is 8.78 Å². The molecule has 222 valence electrons. The zero-order valence-corrected chi connectivity index (χ0v) is 25.1. The van der Waals surface area contributed by atoms with Gasteiger partial charge in [-0.1, -0.05) is 48.5 Å². The van der Waals surface area contributed by atoms with Crippen LogP contribution in [-0.4, -0.2) is 76.2 Å². The number of hydrogen-bond acceptors (Lipinski definition) is 4. The zero-order valence-electron chi connectivity index (χ0n) is 25.1. The Morgan fingerprint density at radius 2 is 1.69 bits per heavy atom. The number of ketones is 1. The van der Waals surface area contributed by atoms with E-state index in [0.717, 1.165) is 24.5 Å². The standard InChI is InChI=1S/C35H41F2N3O2/c1-23(41)32(18-24-9-10-25-7-5-6-8-26(25)17-24)38-15-16-40(35(22-38)13-14-35)33(42)30-21-39(34(2,3)4)20-29(30)28-12-11-27(36)19-31(28)37/h5-12,17,19,29-30,32H,13-16,18,20-22H2,1-4H3/t29-,30+,32-/m0/s1. The minimum atomic E-state index is -0.610. The molecule has 2 saturated heterocycles. The molecule has 0 N–H and O–H groups in total. The van der Waals surface area contributed by atoms with Crippen molar-refractivity contribution in [1.29, 1.82) is 0 Å². The number of nitrogens with zero attached hydrogens (tertiary/aromatic N) is 3. The van der Waals surface area contributed by atoms with Gasteiger partial charge in [0.1, 0.15) is 17.4 Å². The van der Waals surface area contributed by atoms with E-state index in [2.05, 4.69) is 60.9 Å². The van der Waals surface area contributed by atoms with Crippen LogP contribution >= 0.6 is 0 Å². The first-order chi connectivity index (χ1) is 19.9. The summed E-state index contributed by atoms with van der Waals surface area (Å²) in [6.45, 7) is 10.9. The van der Waals surface area contributed by atoms with Crippen molar-refractivity contribution in [3.05, 3.63) is 83.4 Å². The van der Waals surface area contributed by atoms with E-state index in [-0.39, 0.29) is 34.7 Å². The summed E-state index contributed by atoms with van der Waals surface area (Å²) in [4.78, 5) is 33.9. The van der Waals surface area contributed by atoms with Crippen LogP contribution in [0.25, 0.3) is 10.8 Å². The van der Waals surface area contributed by atoms with Crippen LogP contribution in [-0.2, 0) is 16.0 Å². The molecule has 3 aromatic carbocycles. The van der Waals surface area contributed by atoms with Gasteiger partial charge >= 0.3 is 0 Å². The predicted molar refractivity (Wildman–Crippen MR) is 161 cm³/mol. The normalized spacial score (nSPS) is 23.4. The van der Waals surface area contributed by atoms with Crippen molar-refractivity contribution >= 4 is 22.5 Å². The number of carbonyl (C=O) groups is 2. The van der Waals surface area contributed by atoms with E-state index in [1.165, 1.54) is 22.9 Å². The van der Waals surface area contributed by atoms with E-state index < -0.39 is 17.6 Å². The summed E-state index contributed by atoms with van der Waals surface area (Å²) < 4.78 is 28.8. The minimum absolute atomic E-state index is 0.0570. The number of benzene rings is 3. The number of carbonyl (C=O) groups excluding carboxylic acids is 2. The average Bonchev–Trinajstić information content (AvgIpc) is 3.54. The van der Waals surface area contributed by atoms with Crippen molar-refractivity contribution in [3.63, 3.8) is 0 Å². The monoisotopic (exact) mass is 573 g/mol. The van der Waals surface area contributed by atoms with Gasteiger partial charge in [-0.15, -0.1) is 0 Å². The molecular weight excluding hydrogens is 532 g/mol. The second-order valence-corrected chi connectivity index (χ2v) is 13.7. The van der Waals surface area contributed by atoms with Gasteiger partial charge in [-0.05, 0) is 74.9 Å². The first-order valence-corrected chi connectivity index (χ1v) is 15.2. The lowest BCUT2D eigenvalue weighted by atomic mass is 9.86. The smallest absolute Gasteiger partial charge is 0.228 e. The fraction of sp³-hybridized carbons (Fsp3) is 0.486. The topological polar surface area (TPSA) is 43.9 Å². The maximum atomic E-state index is 15.0. The van der Waals surface area contributed by atoms with Gasteiger partial charge in [-0.3, -0.25) is 19.4 Å². The van der Waals surface area contributed by atoms with E-state index in [9.17, 15) is 14.0 Å². The fourth-order valence-corrected chi connectivity index (χ4v) is 7.23. The molecule has 5 nitrogen and oxygen atoms in total. The van der Waals surface area contributed by atoms with Crippen LogP contribution in [0.3, 0.4) is 0 Å². The number of hydrogen-bond donors (Lipinski definition) is 0. The molecule has 42 heavy (non-hydrogen) atoms. The number of rotatable bonds is 6. The molecule has 1 aliphatic carbocycles. The summed E-state index contributed by atoms with van der Waals surface area (Å²) in [5.41, 5.74) is 1.08. The third-order valence-corrected chi connectivity index (χ3v) is 9.87. The summed E-state index contributed by atoms with van der Waals surface area (Å²) in [5, 5.41) is 2.35. The molecule has 6 rings (SSSR count). The van der Waals surface area contributed by atoms with Gasteiger partial charge in [0.05, 0.1) is 17.5 Å². The molecule has 0 radical (unpaired) electrons. The Labute approximate surface area is 247 Å². The number of likely N-dealkylation sites (tertiary alicyclic amines) is 1. The van der Waals surface area contributed by atoms with Crippen LogP contribution in [0, 0.1) is 17.6 Å². The Hall–Kier alpha value is -3.16. The first kappa shape index (κ1) is 28.9. The Balaban J connectivity index is 1.22. The lowest BCUT2D eigenvalue weighted by Crippen LogP contribution is -2.61. The van der Waals surface area contributed by atoms with Crippen molar-refractivity contribution in [2.24, 2.45) is 5.92 Å². The average molecular weight is 574 g/mol. The predicted octanol–water partition coefficient (Wildman–Crippen LogP) is 5.81. The number of amides is 1. The van der Waals surface area contributed by atoms with Gasteiger partial charge in [-0.25, -0.2) is 8.78 Å². The van der Waals surface area contributed by atoms with Crippen LogP contribution < -0.4 is 0 Å². The largest absolute Gasteiger partial charge is 0.334 e.